The summed E-state index contributed by atoms with van der Waals surface area (Å²) in [6, 6.07) is 10.3. The zero-order chi connectivity index (χ0) is 23.0. The molecule has 0 aliphatic heterocycles. The van der Waals surface area contributed by atoms with Crippen LogP contribution in [0.5, 0.6) is 11.5 Å². The van der Waals surface area contributed by atoms with Gasteiger partial charge in [0.05, 0.1) is 30.9 Å². The van der Waals surface area contributed by atoms with E-state index < -0.39 is 5.97 Å². The number of carboxylic acids is 1. The first-order valence-electron chi connectivity index (χ1n) is 9.49. The van der Waals surface area contributed by atoms with Gasteiger partial charge in [0.2, 0.25) is 0 Å². The topological polar surface area (TPSA) is 107 Å². The van der Waals surface area contributed by atoms with Crippen molar-refractivity contribution in [2.45, 2.75) is 0 Å². The molecule has 2 aromatic carbocycles. The number of aromatic carboxylic acids is 1. The van der Waals surface area contributed by atoms with E-state index in [-0.39, 0.29) is 16.5 Å². The van der Waals surface area contributed by atoms with Gasteiger partial charge in [-0.3, -0.25) is 9.36 Å². The fourth-order valence-corrected chi connectivity index (χ4v) is 4.21. The van der Waals surface area contributed by atoms with E-state index in [0.717, 1.165) is 11.3 Å². The lowest BCUT2D eigenvalue weighted by molar-refractivity contribution is 0.0702. The predicted octanol–water partition coefficient (Wildman–Crippen LogP) is 3.57. The minimum Gasteiger partial charge on any atom is -0.493 e. The highest BCUT2D eigenvalue weighted by Crippen LogP contribution is 2.35. The van der Waals surface area contributed by atoms with Crippen molar-refractivity contribution in [3.63, 3.8) is 0 Å². The largest absolute Gasteiger partial charge is 0.493 e. The molecule has 0 saturated heterocycles. The zero-order valence-electron chi connectivity index (χ0n) is 17.8. The van der Waals surface area contributed by atoms with Gasteiger partial charge in [-0.2, -0.15) is 0 Å². The Hall–Kier alpha value is -3.92. The third-order valence-electron chi connectivity index (χ3n) is 4.86. The Bertz CT molecular complexity index is 1340. The van der Waals surface area contributed by atoms with Gasteiger partial charge in [0.15, 0.2) is 16.6 Å². The van der Waals surface area contributed by atoms with Crippen LogP contribution in [0.1, 0.15) is 20.0 Å². The maximum absolute atomic E-state index is 12.4. The Kier molecular flexibility index (Phi) is 5.54. The molecule has 32 heavy (non-hydrogen) atoms. The number of hydrogen-bond donors (Lipinski definition) is 1. The SMILES string of the molecule is COc1cc2ncn(-c3nc(-c4cccc(C(=O)N(C)C)c4)c(C(=O)O)s3)c2cc1OC. The first-order chi connectivity index (χ1) is 15.3. The molecule has 0 saturated carbocycles. The molecule has 1 amide bonds. The summed E-state index contributed by atoms with van der Waals surface area (Å²) in [5.74, 6) is -0.219. The number of carbonyl (C=O) groups is 2. The Balaban J connectivity index is 1.86. The molecule has 2 aromatic heterocycles. The van der Waals surface area contributed by atoms with Gasteiger partial charge in [0.1, 0.15) is 11.2 Å². The second-order valence-electron chi connectivity index (χ2n) is 7.07. The average Bonchev–Trinajstić information content (AvgIpc) is 3.41. The summed E-state index contributed by atoms with van der Waals surface area (Å²) in [5, 5.41) is 10.2. The van der Waals surface area contributed by atoms with Crippen LogP contribution in [0, 0.1) is 0 Å². The number of benzene rings is 2. The van der Waals surface area contributed by atoms with Gasteiger partial charge in [-0.25, -0.2) is 14.8 Å². The summed E-state index contributed by atoms with van der Waals surface area (Å²) in [7, 11) is 6.40. The normalized spacial score (nSPS) is 10.9. The molecule has 0 radical (unpaired) electrons. The highest BCUT2D eigenvalue weighted by molar-refractivity contribution is 7.16. The van der Waals surface area contributed by atoms with Crippen molar-refractivity contribution < 1.29 is 24.2 Å². The highest BCUT2D eigenvalue weighted by Gasteiger charge is 2.22. The van der Waals surface area contributed by atoms with Crippen LogP contribution in [0.25, 0.3) is 27.4 Å². The van der Waals surface area contributed by atoms with Crippen LogP contribution in [0.4, 0.5) is 0 Å². The summed E-state index contributed by atoms with van der Waals surface area (Å²) >= 11 is 1.02. The molecule has 164 valence electrons. The Morgan fingerprint density at radius 1 is 1.09 bits per heavy atom. The van der Waals surface area contributed by atoms with Crippen molar-refractivity contribution in [3.8, 4) is 27.9 Å². The lowest BCUT2D eigenvalue weighted by Gasteiger charge is -2.10. The number of carboxylic acid groups (broad SMARTS) is 1. The van der Waals surface area contributed by atoms with Crippen LogP contribution < -0.4 is 9.47 Å². The first-order valence-corrected chi connectivity index (χ1v) is 10.3. The number of aromatic nitrogens is 3. The molecule has 10 heteroatoms. The van der Waals surface area contributed by atoms with Crippen molar-refractivity contribution in [2.24, 2.45) is 0 Å². The third-order valence-corrected chi connectivity index (χ3v) is 5.90. The van der Waals surface area contributed by atoms with E-state index in [1.807, 2.05) is 0 Å². The van der Waals surface area contributed by atoms with Gasteiger partial charge in [0.25, 0.3) is 5.91 Å². The third kappa shape index (κ3) is 3.65. The molecule has 0 fully saturated rings. The van der Waals surface area contributed by atoms with Gasteiger partial charge in [0, 0.05) is 37.4 Å². The predicted molar refractivity (Wildman–Crippen MR) is 120 cm³/mol. The Morgan fingerprint density at radius 3 is 2.47 bits per heavy atom. The van der Waals surface area contributed by atoms with Gasteiger partial charge in [-0.05, 0) is 12.1 Å². The molecule has 0 unspecified atom stereocenters. The van der Waals surface area contributed by atoms with Crippen molar-refractivity contribution in [2.75, 3.05) is 28.3 Å². The second-order valence-corrected chi connectivity index (χ2v) is 8.05. The van der Waals surface area contributed by atoms with E-state index in [4.69, 9.17) is 9.47 Å². The second kappa shape index (κ2) is 8.31. The molecule has 9 nitrogen and oxygen atoms in total. The number of imidazole rings is 1. The molecule has 0 aliphatic carbocycles. The van der Waals surface area contributed by atoms with E-state index >= 15 is 0 Å². The summed E-state index contributed by atoms with van der Waals surface area (Å²) in [6.07, 6.45) is 1.57. The number of hydrogen-bond acceptors (Lipinski definition) is 7. The van der Waals surface area contributed by atoms with Gasteiger partial charge in [-0.15, -0.1) is 0 Å². The smallest absolute Gasteiger partial charge is 0.348 e. The molecule has 2 heterocycles. The van der Waals surface area contributed by atoms with Gasteiger partial charge < -0.3 is 19.5 Å². The lowest BCUT2D eigenvalue weighted by Crippen LogP contribution is -2.21. The highest BCUT2D eigenvalue weighted by atomic mass is 32.1. The summed E-state index contributed by atoms with van der Waals surface area (Å²) in [4.78, 5) is 34.9. The maximum Gasteiger partial charge on any atom is 0.348 e. The van der Waals surface area contributed by atoms with E-state index in [9.17, 15) is 14.7 Å². The number of amides is 1. The lowest BCUT2D eigenvalue weighted by atomic mass is 10.1. The van der Waals surface area contributed by atoms with Crippen LogP contribution in [0.15, 0.2) is 42.7 Å². The van der Waals surface area contributed by atoms with Crippen molar-refractivity contribution >= 4 is 34.2 Å². The van der Waals surface area contributed by atoms with E-state index in [0.29, 0.717) is 38.8 Å². The Labute approximate surface area is 187 Å². The summed E-state index contributed by atoms with van der Waals surface area (Å²) in [6.45, 7) is 0. The fraction of sp³-hybridized carbons (Fsp3) is 0.182. The molecule has 0 aliphatic rings. The maximum atomic E-state index is 12.4. The molecule has 1 N–H and O–H groups in total. The van der Waals surface area contributed by atoms with Crippen LogP contribution in [-0.2, 0) is 0 Å². The monoisotopic (exact) mass is 452 g/mol. The van der Waals surface area contributed by atoms with Crippen molar-refractivity contribution in [1.82, 2.24) is 19.4 Å². The standard InChI is InChI=1S/C22H20N4O5S/c1-25(2)20(27)13-7-5-6-12(8-13)18-19(21(28)29)32-22(24-18)26-11-23-14-9-16(30-3)17(31-4)10-15(14)26/h5-11H,1-4H3,(H,28,29). The summed E-state index contributed by atoms with van der Waals surface area (Å²) < 4.78 is 12.4. The number of thiazole rings is 1. The van der Waals surface area contributed by atoms with E-state index in [2.05, 4.69) is 9.97 Å². The molecule has 0 spiro atoms. The molecular formula is C22H20N4O5S. The molecule has 4 aromatic rings. The fourth-order valence-electron chi connectivity index (χ4n) is 3.30. The van der Waals surface area contributed by atoms with Crippen LogP contribution in [0.2, 0.25) is 0 Å². The average molecular weight is 452 g/mol. The van der Waals surface area contributed by atoms with Gasteiger partial charge in [-0.1, -0.05) is 23.5 Å². The van der Waals surface area contributed by atoms with Gasteiger partial charge >= 0.3 is 5.97 Å². The molecular weight excluding hydrogens is 432 g/mol. The zero-order valence-corrected chi connectivity index (χ0v) is 18.6. The number of nitrogens with zero attached hydrogens (tertiary/aromatic N) is 4. The number of carbonyl (C=O) groups excluding carboxylic acids is 1. The summed E-state index contributed by atoms with van der Waals surface area (Å²) in [5.41, 5.74) is 2.61. The number of rotatable bonds is 6. The van der Waals surface area contributed by atoms with Crippen LogP contribution in [-0.4, -0.2) is 64.7 Å². The van der Waals surface area contributed by atoms with Crippen molar-refractivity contribution in [1.29, 1.82) is 0 Å². The van der Waals surface area contributed by atoms with Crippen LogP contribution in [0.3, 0.4) is 0 Å². The molecule has 0 atom stereocenters. The minimum atomic E-state index is -1.10. The number of methoxy groups -OCH3 is 2. The van der Waals surface area contributed by atoms with Crippen LogP contribution >= 0.6 is 11.3 Å². The van der Waals surface area contributed by atoms with E-state index in [1.165, 1.54) is 12.0 Å². The number of fused-ring (bicyclic) bond motifs is 1. The number of ether oxygens (including phenoxy) is 2. The van der Waals surface area contributed by atoms with E-state index in [1.54, 1.807) is 68.5 Å². The minimum absolute atomic E-state index is 0.0665. The quantitative estimate of drug-likeness (QED) is 0.477. The molecule has 0 bridgehead atoms. The molecule has 4 rings (SSSR count). The Morgan fingerprint density at radius 2 is 1.81 bits per heavy atom. The first kappa shape index (κ1) is 21.3. The van der Waals surface area contributed by atoms with Crippen molar-refractivity contribution in [3.05, 3.63) is 53.2 Å².